The first kappa shape index (κ1) is 17.9. The third-order valence-electron chi connectivity index (χ3n) is 5.57. The summed E-state index contributed by atoms with van der Waals surface area (Å²) in [5.74, 6) is -0.287. The van der Waals surface area contributed by atoms with Gasteiger partial charge in [-0.2, -0.15) is 0 Å². The van der Waals surface area contributed by atoms with Crippen LogP contribution in [0.2, 0.25) is 0 Å². The highest BCUT2D eigenvalue weighted by atomic mass is 16.2. The molecule has 0 aliphatic heterocycles. The van der Waals surface area contributed by atoms with Crippen molar-refractivity contribution in [2.75, 3.05) is 6.54 Å². The molecule has 1 aromatic carbocycles. The fourth-order valence-electron chi connectivity index (χ4n) is 4.02. The van der Waals surface area contributed by atoms with E-state index in [9.17, 15) is 9.59 Å². The number of carbonyl (C=O) groups is 2. The normalized spacial score (nSPS) is 18.5. The predicted octanol–water partition coefficient (Wildman–Crippen LogP) is 4.92. The molecule has 134 valence electrons. The van der Waals surface area contributed by atoms with E-state index in [0.29, 0.717) is 18.0 Å². The van der Waals surface area contributed by atoms with Crippen molar-refractivity contribution in [1.29, 1.82) is 0 Å². The van der Waals surface area contributed by atoms with Gasteiger partial charge in [-0.15, -0.1) is 0 Å². The van der Waals surface area contributed by atoms with Gasteiger partial charge in [0.1, 0.15) is 0 Å². The number of benzene rings is 1. The second-order valence-electron chi connectivity index (χ2n) is 7.40. The fraction of sp³-hybridized carbons (Fsp3) is 0.545. The van der Waals surface area contributed by atoms with Gasteiger partial charge in [0.25, 0.3) is 5.91 Å². The highest BCUT2D eigenvalue weighted by Crippen LogP contribution is 2.32. The molecule has 1 fully saturated rings. The monoisotopic (exact) mass is 339 g/mol. The Bertz CT molecular complexity index is 624. The molecule has 25 heavy (non-hydrogen) atoms. The van der Waals surface area contributed by atoms with E-state index in [4.69, 9.17) is 0 Å². The lowest BCUT2D eigenvalue weighted by Gasteiger charge is -2.22. The standard InChI is InChI=1S/C22H29NO2/c24-21(22(25)23-16-15-17-7-3-1-4-8-17)20-13-11-19(12-14-20)18-9-5-2-6-10-18/h7,11-14,18H,1-6,8-10,15-16H2,(H,23,25). The van der Waals surface area contributed by atoms with Crippen LogP contribution in [-0.4, -0.2) is 18.2 Å². The Morgan fingerprint density at radius 3 is 2.40 bits per heavy atom. The average Bonchev–Trinajstić information content (AvgIpc) is 2.69. The number of nitrogens with one attached hydrogen (secondary N) is 1. The van der Waals surface area contributed by atoms with Gasteiger partial charge in [0, 0.05) is 12.1 Å². The summed E-state index contributed by atoms with van der Waals surface area (Å²) in [6.45, 7) is 0.552. The van der Waals surface area contributed by atoms with Gasteiger partial charge in [-0.3, -0.25) is 9.59 Å². The molecule has 3 heteroatoms. The average molecular weight is 339 g/mol. The lowest BCUT2D eigenvalue weighted by Crippen LogP contribution is -2.32. The lowest BCUT2D eigenvalue weighted by atomic mass is 9.84. The van der Waals surface area contributed by atoms with Crippen LogP contribution in [0.4, 0.5) is 0 Å². The zero-order chi connectivity index (χ0) is 17.5. The van der Waals surface area contributed by atoms with Crippen LogP contribution in [0.15, 0.2) is 35.9 Å². The smallest absolute Gasteiger partial charge is 0.292 e. The molecule has 2 aliphatic carbocycles. The topological polar surface area (TPSA) is 46.2 Å². The first-order valence-electron chi connectivity index (χ1n) is 9.84. The van der Waals surface area contributed by atoms with E-state index in [1.807, 2.05) is 24.3 Å². The van der Waals surface area contributed by atoms with Gasteiger partial charge in [0.05, 0.1) is 0 Å². The van der Waals surface area contributed by atoms with Crippen molar-refractivity contribution in [2.24, 2.45) is 0 Å². The van der Waals surface area contributed by atoms with E-state index in [2.05, 4.69) is 11.4 Å². The number of hydrogen-bond donors (Lipinski definition) is 1. The summed E-state index contributed by atoms with van der Waals surface area (Å²) in [7, 11) is 0. The van der Waals surface area contributed by atoms with Crippen LogP contribution < -0.4 is 5.32 Å². The minimum Gasteiger partial charge on any atom is -0.349 e. The number of allylic oxidation sites excluding steroid dienone is 1. The molecular formula is C22H29NO2. The summed E-state index contributed by atoms with van der Waals surface area (Å²) in [6.07, 6.45) is 14.3. The maximum atomic E-state index is 12.3. The van der Waals surface area contributed by atoms with Crippen molar-refractivity contribution in [3.8, 4) is 0 Å². The van der Waals surface area contributed by atoms with Crippen LogP contribution >= 0.6 is 0 Å². The molecule has 0 bridgehead atoms. The van der Waals surface area contributed by atoms with Crippen LogP contribution in [-0.2, 0) is 4.79 Å². The molecule has 1 N–H and O–H groups in total. The van der Waals surface area contributed by atoms with Gasteiger partial charge < -0.3 is 5.32 Å². The summed E-state index contributed by atoms with van der Waals surface area (Å²) in [5.41, 5.74) is 3.21. The van der Waals surface area contributed by atoms with Gasteiger partial charge in [0.2, 0.25) is 5.78 Å². The molecule has 0 spiro atoms. The molecule has 0 aromatic heterocycles. The van der Waals surface area contributed by atoms with Gasteiger partial charge in [-0.05, 0) is 56.4 Å². The molecule has 0 unspecified atom stereocenters. The zero-order valence-electron chi connectivity index (χ0n) is 15.1. The van der Waals surface area contributed by atoms with E-state index in [-0.39, 0.29) is 0 Å². The Morgan fingerprint density at radius 1 is 0.960 bits per heavy atom. The molecule has 3 rings (SSSR count). The van der Waals surface area contributed by atoms with E-state index in [1.165, 1.54) is 56.1 Å². The van der Waals surface area contributed by atoms with E-state index >= 15 is 0 Å². The summed E-state index contributed by atoms with van der Waals surface area (Å²) in [4.78, 5) is 24.4. The summed E-state index contributed by atoms with van der Waals surface area (Å²) in [5, 5.41) is 2.78. The minimum atomic E-state index is -0.484. The van der Waals surface area contributed by atoms with E-state index < -0.39 is 11.7 Å². The van der Waals surface area contributed by atoms with Crippen LogP contribution in [0.25, 0.3) is 0 Å². The third-order valence-corrected chi connectivity index (χ3v) is 5.57. The van der Waals surface area contributed by atoms with Crippen molar-refractivity contribution in [3.05, 3.63) is 47.0 Å². The summed E-state index contributed by atoms with van der Waals surface area (Å²) < 4.78 is 0. The third kappa shape index (κ3) is 5.04. The molecule has 1 amide bonds. The maximum Gasteiger partial charge on any atom is 0.292 e. The molecule has 1 aromatic rings. The number of rotatable bonds is 6. The van der Waals surface area contributed by atoms with Gasteiger partial charge in [-0.1, -0.05) is 55.2 Å². The van der Waals surface area contributed by atoms with Crippen molar-refractivity contribution in [3.63, 3.8) is 0 Å². The lowest BCUT2D eigenvalue weighted by molar-refractivity contribution is -0.116. The van der Waals surface area contributed by atoms with Crippen molar-refractivity contribution in [1.82, 2.24) is 5.32 Å². The number of ketones is 1. The van der Waals surface area contributed by atoms with Crippen molar-refractivity contribution in [2.45, 2.75) is 70.1 Å². The molecule has 1 saturated carbocycles. The quantitative estimate of drug-likeness (QED) is 0.454. The van der Waals surface area contributed by atoms with Crippen LogP contribution in [0.5, 0.6) is 0 Å². The predicted molar refractivity (Wildman–Crippen MR) is 101 cm³/mol. The fourth-order valence-corrected chi connectivity index (χ4v) is 4.02. The van der Waals surface area contributed by atoms with Gasteiger partial charge in [-0.25, -0.2) is 0 Å². The second-order valence-corrected chi connectivity index (χ2v) is 7.40. The number of hydrogen-bond acceptors (Lipinski definition) is 2. The van der Waals surface area contributed by atoms with Crippen molar-refractivity contribution >= 4 is 11.7 Å². The zero-order valence-corrected chi connectivity index (χ0v) is 15.1. The van der Waals surface area contributed by atoms with Gasteiger partial charge >= 0.3 is 0 Å². The molecule has 0 radical (unpaired) electrons. The van der Waals surface area contributed by atoms with Crippen molar-refractivity contribution < 1.29 is 9.59 Å². The van der Waals surface area contributed by atoms with Crippen LogP contribution in [0.1, 0.15) is 86.0 Å². The summed E-state index contributed by atoms with van der Waals surface area (Å²) >= 11 is 0. The Kier molecular flexibility index (Phi) is 6.43. The second kappa shape index (κ2) is 8.98. The highest BCUT2D eigenvalue weighted by molar-refractivity contribution is 6.42. The first-order chi connectivity index (χ1) is 12.2. The number of carbonyl (C=O) groups excluding carboxylic acids is 2. The Morgan fingerprint density at radius 2 is 1.72 bits per heavy atom. The molecule has 2 aliphatic rings. The Balaban J connectivity index is 1.49. The minimum absolute atomic E-state index is 0.423. The molecule has 0 heterocycles. The molecule has 3 nitrogen and oxygen atoms in total. The van der Waals surface area contributed by atoms with Crippen LogP contribution in [0.3, 0.4) is 0 Å². The largest absolute Gasteiger partial charge is 0.349 e. The Hall–Kier alpha value is -1.90. The molecule has 0 saturated heterocycles. The highest BCUT2D eigenvalue weighted by Gasteiger charge is 2.18. The van der Waals surface area contributed by atoms with Gasteiger partial charge in [0.15, 0.2) is 0 Å². The molecule has 0 atom stereocenters. The van der Waals surface area contributed by atoms with E-state index in [0.717, 1.165) is 19.3 Å². The first-order valence-corrected chi connectivity index (χ1v) is 9.84. The molecular weight excluding hydrogens is 310 g/mol. The SMILES string of the molecule is O=C(NCCC1=CCCCC1)C(=O)c1ccc(C2CCCCC2)cc1. The number of amides is 1. The van der Waals surface area contributed by atoms with Crippen LogP contribution in [0, 0.1) is 0 Å². The van der Waals surface area contributed by atoms with E-state index in [1.54, 1.807) is 0 Å². The summed E-state index contributed by atoms with van der Waals surface area (Å²) in [6, 6.07) is 7.69. The number of Topliss-reactive ketones (excluding diaryl/α,β-unsaturated/α-hetero) is 1. The Labute approximate surface area is 150 Å². The maximum absolute atomic E-state index is 12.3.